The third-order valence-electron chi connectivity index (χ3n) is 6.09. The maximum atomic E-state index is 13.0. The van der Waals surface area contributed by atoms with Gasteiger partial charge in [0, 0.05) is 24.7 Å². The second-order valence-electron chi connectivity index (χ2n) is 8.18. The molecule has 1 saturated carbocycles. The Morgan fingerprint density at radius 2 is 1.88 bits per heavy atom. The first-order chi connectivity index (χ1) is 12.3. The van der Waals surface area contributed by atoms with E-state index in [2.05, 4.69) is 17.0 Å². The highest BCUT2D eigenvalue weighted by Crippen LogP contribution is 2.42. The molecule has 7 nitrogen and oxygen atoms in total. The molecule has 1 aromatic heterocycles. The molecular formula is C18H28N4O3S. The summed E-state index contributed by atoms with van der Waals surface area (Å²) in [5, 5.41) is 4.60. The molecule has 3 heterocycles. The van der Waals surface area contributed by atoms with Crippen LogP contribution in [0.2, 0.25) is 0 Å². The first-order valence-corrected chi connectivity index (χ1v) is 11.4. The summed E-state index contributed by atoms with van der Waals surface area (Å²) in [7, 11) is 1.00. The molecule has 0 N–H and O–H groups in total. The van der Waals surface area contributed by atoms with E-state index in [1.165, 1.54) is 0 Å². The van der Waals surface area contributed by atoms with Crippen LogP contribution in [0.4, 0.5) is 0 Å². The van der Waals surface area contributed by atoms with Crippen molar-refractivity contribution in [1.82, 2.24) is 19.6 Å². The molecule has 144 valence electrons. The molecule has 1 unspecified atom stereocenters. The highest BCUT2D eigenvalue weighted by Gasteiger charge is 2.37. The van der Waals surface area contributed by atoms with Crippen molar-refractivity contribution in [2.75, 3.05) is 38.7 Å². The van der Waals surface area contributed by atoms with Gasteiger partial charge in [-0.1, -0.05) is 0 Å². The van der Waals surface area contributed by atoms with Crippen molar-refractivity contribution in [2.24, 2.45) is 0 Å². The van der Waals surface area contributed by atoms with E-state index in [1.807, 2.05) is 22.7 Å². The average Bonchev–Trinajstić information content (AvgIpc) is 3.26. The Balaban J connectivity index is 1.55. The van der Waals surface area contributed by atoms with Crippen molar-refractivity contribution in [1.29, 1.82) is 0 Å². The van der Waals surface area contributed by atoms with Crippen LogP contribution < -0.4 is 0 Å². The second-order valence-corrected chi connectivity index (χ2v) is 10.4. The van der Waals surface area contributed by atoms with Gasteiger partial charge in [-0.25, -0.2) is 8.42 Å². The maximum Gasteiger partial charge on any atom is 0.274 e. The summed E-state index contributed by atoms with van der Waals surface area (Å²) in [5.41, 5.74) is 1.52. The Kier molecular flexibility index (Phi) is 4.59. The third-order valence-corrected chi connectivity index (χ3v) is 7.84. The number of amides is 1. The lowest BCUT2D eigenvalue weighted by atomic mass is 10.0. The van der Waals surface area contributed by atoms with Crippen molar-refractivity contribution >= 4 is 15.7 Å². The Labute approximate surface area is 155 Å². The minimum atomic E-state index is -2.98. The minimum absolute atomic E-state index is 0.0407. The number of hydrogen-bond acceptors (Lipinski definition) is 5. The molecule has 0 spiro atoms. The molecule has 4 rings (SSSR count). The number of aromatic nitrogens is 2. The Morgan fingerprint density at radius 1 is 1.19 bits per heavy atom. The van der Waals surface area contributed by atoms with E-state index in [1.54, 1.807) is 0 Å². The predicted octanol–water partition coefficient (Wildman–Crippen LogP) is 1.29. The van der Waals surface area contributed by atoms with Crippen LogP contribution in [0.25, 0.3) is 0 Å². The molecule has 2 aliphatic heterocycles. The van der Waals surface area contributed by atoms with Crippen LogP contribution in [0.3, 0.4) is 0 Å². The highest BCUT2D eigenvalue weighted by molar-refractivity contribution is 7.91. The van der Waals surface area contributed by atoms with Crippen LogP contribution in [0.5, 0.6) is 0 Å². The lowest BCUT2D eigenvalue weighted by molar-refractivity contribution is 0.0652. The van der Waals surface area contributed by atoms with Crippen molar-refractivity contribution in [3.63, 3.8) is 0 Å². The van der Waals surface area contributed by atoms with Crippen LogP contribution in [0.1, 0.15) is 60.2 Å². The number of nitrogens with zero attached hydrogens (tertiary/aromatic N) is 4. The average molecular weight is 381 g/mol. The summed E-state index contributed by atoms with van der Waals surface area (Å²) < 4.78 is 25.6. The van der Waals surface area contributed by atoms with Gasteiger partial charge >= 0.3 is 0 Å². The van der Waals surface area contributed by atoms with Gasteiger partial charge in [0.15, 0.2) is 15.5 Å². The number of likely N-dealkylation sites (tertiary alicyclic amines) is 1. The summed E-state index contributed by atoms with van der Waals surface area (Å²) in [4.78, 5) is 17.1. The maximum absolute atomic E-state index is 13.0. The van der Waals surface area contributed by atoms with E-state index in [-0.39, 0.29) is 29.5 Å². The number of piperidine rings is 1. The molecule has 1 aliphatic carbocycles. The zero-order valence-corrected chi connectivity index (χ0v) is 16.4. The van der Waals surface area contributed by atoms with Gasteiger partial charge in [0.05, 0.1) is 17.5 Å². The topological polar surface area (TPSA) is 75.5 Å². The lowest BCUT2D eigenvalue weighted by Crippen LogP contribution is -2.44. The van der Waals surface area contributed by atoms with E-state index in [9.17, 15) is 13.2 Å². The molecule has 1 atom stereocenters. The number of sulfone groups is 1. The molecule has 3 aliphatic rings. The molecule has 3 fully saturated rings. The van der Waals surface area contributed by atoms with Gasteiger partial charge in [-0.15, -0.1) is 0 Å². The standard InChI is InChI=1S/C18H28N4O3S/c1-20-8-5-14(6-9-20)21(2)18(23)16-11-17(13-3-4-13)22(19-16)15-7-10-26(24,25)12-15/h11,13-15H,3-10,12H2,1-2H3. The van der Waals surface area contributed by atoms with Crippen LogP contribution >= 0.6 is 0 Å². The van der Waals surface area contributed by atoms with Gasteiger partial charge in [-0.2, -0.15) is 5.10 Å². The fraction of sp³-hybridized carbons (Fsp3) is 0.778. The molecule has 0 bridgehead atoms. The molecule has 2 saturated heterocycles. The molecule has 1 aromatic rings. The Bertz CT molecular complexity index is 791. The summed E-state index contributed by atoms with van der Waals surface area (Å²) in [6.07, 6.45) is 4.76. The second kappa shape index (κ2) is 6.64. The monoisotopic (exact) mass is 380 g/mol. The van der Waals surface area contributed by atoms with Crippen LogP contribution in [0, 0.1) is 0 Å². The molecule has 8 heteroatoms. The van der Waals surface area contributed by atoms with E-state index < -0.39 is 9.84 Å². The van der Waals surface area contributed by atoms with Crippen LogP contribution in [0.15, 0.2) is 6.07 Å². The number of carbonyl (C=O) groups excluding carboxylic acids is 1. The fourth-order valence-corrected chi connectivity index (χ4v) is 5.88. The molecule has 1 amide bonds. The third kappa shape index (κ3) is 3.53. The number of hydrogen-bond donors (Lipinski definition) is 0. The van der Waals surface area contributed by atoms with Gasteiger partial charge < -0.3 is 9.80 Å². The fourth-order valence-electron chi connectivity index (χ4n) is 4.19. The zero-order valence-electron chi connectivity index (χ0n) is 15.6. The van der Waals surface area contributed by atoms with Gasteiger partial charge in [-0.3, -0.25) is 9.48 Å². The van der Waals surface area contributed by atoms with Crippen molar-refractivity contribution in [3.05, 3.63) is 17.5 Å². The van der Waals surface area contributed by atoms with Gasteiger partial charge in [0.1, 0.15) is 0 Å². The number of rotatable bonds is 4. The van der Waals surface area contributed by atoms with Crippen LogP contribution in [-0.2, 0) is 9.84 Å². The quantitative estimate of drug-likeness (QED) is 0.787. The van der Waals surface area contributed by atoms with E-state index in [0.717, 1.165) is 44.5 Å². The SMILES string of the molecule is CN1CCC(N(C)C(=O)c2cc(C3CC3)n(C3CCS(=O)(=O)C3)n2)CC1. The predicted molar refractivity (Wildman–Crippen MR) is 99.1 cm³/mol. The van der Waals surface area contributed by atoms with Crippen molar-refractivity contribution < 1.29 is 13.2 Å². The summed E-state index contributed by atoms with van der Waals surface area (Å²) in [6, 6.07) is 2.04. The molecular weight excluding hydrogens is 352 g/mol. The summed E-state index contributed by atoms with van der Waals surface area (Å²) >= 11 is 0. The molecule has 0 radical (unpaired) electrons. The first-order valence-electron chi connectivity index (χ1n) is 9.59. The largest absolute Gasteiger partial charge is 0.337 e. The zero-order chi connectivity index (χ0) is 18.5. The molecule has 26 heavy (non-hydrogen) atoms. The Morgan fingerprint density at radius 3 is 2.46 bits per heavy atom. The number of carbonyl (C=O) groups is 1. The van der Waals surface area contributed by atoms with Crippen molar-refractivity contribution in [2.45, 2.75) is 50.1 Å². The van der Waals surface area contributed by atoms with Gasteiger partial charge in [-0.05, 0) is 58.3 Å². The van der Waals surface area contributed by atoms with Gasteiger partial charge in [0.2, 0.25) is 0 Å². The smallest absolute Gasteiger partial charge is 0.274 e. The minimum Gasteiger partial charge on any atom is -0.337 e. The van der Waals surface area contributed by atoms with E-state index >= 15 is 0 Å². The summed E-state index contributed by atoms with van der Waals surface area (Å²) in [5.74, 6) is 0.759. The normalized spacial score (nSPS) is 26.9. The van der Waals surface area contributed by atoms with Gasteiger partial charge in [0.25, 0.3) is 5.91 Å². The first kappa shape index (κ1) is 18.0. The van der Waals surface area contributed by atoms with Crippen LogP contribution in [-0.4, -0.2) is 78.6 Å². The Hall–Kier alpha value is -1.41. The lowest BCUT2D eigenvalue weighted by Gasteiger charge is -2.34. The summed E-state index contributed by atoms with van der Waals surface area (Å²) in [6.45, 7) is 2.01. The van der Waals surface area contributed by atoms with E-state index in [0.29, 0.717) is 18.0 Å². The molecule has 0 aromatic carbocycles. The highest BCUT2D eigenvalue weighted by atomic mass is 32.2. The van der Waals surface area contributed by atoms with E-state index in [4.69, 9.17) is 0 Å². The van der Waals surface area contributed by atoms with Crippen molar-refractivity contribution in [3.8, 4) is 0 Å².